The molecule has 1 nitrogen and oxygen atoms in total. The zero-order chi connectivity index (χ0) is 9.80. The molecule has 0 radical (unpaired) electrons. The van der Waals surface area contributed by atoms with Crippen LogP contribution in [0.25, 0.3) is 10.8 Å². The molecule has 0 saturated carbocycles. The quantitative estimate of drug-likeness (QED) is 0.654. The second-order valence-electron chi connectivity index (χ2n) is 3.30. The minimum atomic E-state index is 0.856. The second-order valence-corrected chi connectivity index (χ2v) is 3.30. The lowest BCUT2D eigenvalue weighted by Gasteiger charge is -1.94. The first-order valence-electron chi connectivity index (χ1n) is 4.91. The van der Waals surface area contributed by atoms with E-state index in [9.17, 15) is 0 Å². The maximum absolute atomic E-state index is 3.15. The fourth-order valence-corrected chi connectivity index (χ4v) is 1.50. The Bertz CT molecular complexity index is 482. The van der Waals surface area contributed by atoms with Crippen molar-refractivity contribution in [2.75, 3.05) is 0 Å². The Kier molecular flexibility index (Phi) is 2.55. The number of benzene rings is 1. The maximum atomic E-state index is 3.15. The lowest BCUT2D eigenvalue weighted by Crippen LogP contribution is -1.79. The molecule has 0 atom stereocenters. The summed E-state index contributed by atoms with van der Waals surface area (Å²) in [6, 6.07) is 6.46. The summed E-state index contributed by atoms with van der Waals surface area (Å²) >= 11 is 0. The number of H-pyrrole nitrogens is 1. The molecule has 0 aliphatic carbocycles. The van der Waals surface area contributed by atoms with Crippen molar-refractivity contribution in [3.05, 3.63) is 36.2 Å². The Morgan fingerprint density at radius 1 is 1.14 bits per heavy atom. The van der Waals surface area contributed by atoms with Gasteiger partial charge in [0, 0.05) is 25.2 Å². The molecular formula is C13H13N. The predicted octanol–water partition coefficient (Wildman–Crippen LogP) is 3.12. The SMILES string of the molecule is CCC#CCc1ccc2c[nH]cc2c1. The molecule has 1 aromatic carbocycles. The van der Waals surface area contributed by atoms with E-state index in [0.717, 1.165) is 12.8 Å². The summed E-state index contributed by atoms with van der Waals surface area (Å²) in [5.74, 6) is 6.23. The van der Waals surface area contributed by atoms with Crippen molar-refractivity contribution in [3.8, 4) is 11.8 Å². The summed E-state index contributed by atoms with van der Waals surface area (Å²) < 4.78 is 0. The summed E-state index contributed by atoms with van der Waals surface area (Å²) in [5.41, 5.74) is 1.29. The van der Waals surface area contributed by atoms with E-state index >= 15 is 0 Å². The van der Waals surface area contributed by atoms with E-state index in [0.29, 0.717) is 0 Å². The minimum Gasteiger partial charge on any atom is -0.366 e. The Labute approximate surface area is 84.1 Å². The van der Waals surface area contributed by atoms with E-state index in [1.54, 1.807) is 0 Å². The van der Waals surface area contributed by atoms with Gasteiger partial charge in [-0.25, -0.2) is 0 Å². The van der Waals surface area contributed by atoms with Gasteiger partial charge < -0.3 is 4.98 Å². The van der Waals surface area contributed by atoms with Crippen molar-refractivity contribution in [3.63, 3.8) is 0 Å². The van der Waals surface area contributed by atoms with E-state index < -0.39 is 0 Å². The molecule has 14 heavy (non-hydrogen) atoms. The summed E-state index contributed by atoms with van der Waals surface area (Å²) in [5, 5.41) is 2.53. The first-order valence-corrected chi connectivity index (χ1v) is 4.91. The maximum Gasteiger partial charge on any atom is 0.0340 e. The molecule has 0 amide bonds. The van der Waals surface area contributed by atoms with Crippen LogP contribution in [-0.2, 0) is 6.42 Å². The van der Waals surface area contributed by atoms with Crippen LogP contribution in [0.4, 0.5) is 0 Å². The molecule has 1 heterocycles. The van der Waals surface area contributed by atoms with Gasteiger partial charge in [0.1, 0.15) is 0 Å². The molecule has 1 aromatic heterocycles. The van der Waals surface area contributed by atoms with Gasteiger partial charge in [-0.05, 0) is 22.4 Å². The Morgan fingerprint density at radius 3 is 2.86 bits per heavy atom. The zero-order valence-corrected chi connectivity index (χ0v) is 8.30. The molecule has 2 aromatic rings. The number of nitrogens with one attached hydrogen (secondary N) is 1. The molecule has 0 spiro atoms. The smallest absolute Gasteiger partial charge is 0.0340 e. The summed E-state index contributed by atoms with van der Waals surface area (Å²) in [4.78, 5) is 3.10. The number of aromatic nitrogens is 1. The topological polar surface area (TPSA) is 15.8 Å². The Balaban J connectivity index is 2.25. The molecule has 0 aliphatic heterocycles. The van der Waals surface area contributed by atoms with E-state index in [4.69, 9.17) is 0 Å². The van der Waals surface area contributed by atoms with Crippen molar-refractivity contribution < 1.29 is 0 Å². The number of hydrogen-bond donors (Lipinski definition) is 1. The van der Waals surface area contributed by atoms with E-state index in [1.165, 1.54) is 16.3 Å². The summed E-state index contributed by atoms with van der Waals surface area (Å²) in [6.45, 7) is 2.07. The van der Waals surface area contributed by atoms with Gasteiger partial charge in [0.25, 0.3) is 0 Å². The van der Waals surface area contributed by atoms with Gasteiger partial charge in [0.15, 0.2) is 0 Å². The van der Waals surface area contributed by atoms with Crippen LogP contribution in [0, 0.1) is 11.8 Å². The number of fused-ring (bicyclic) bond motifs is 1. The minimum absolute atomic E-state index is 0.856. The fraction of sp³-hybridized carbons (Fsp3) is 0.231. The van der Waals surface area contributed by atoms with Crippen molar-refractivity contribution in [2.45, 2.75) is 19.8 Å². The van der Waals surface area contributed by atoms with Crippen LogP contribution in [0.1, 0.15) is 18.9 Å². The van der Waals surface area contributed by atoms with Crippen molar-refractivity contribution in [1.82, 2.24) is 4.98 Å². The van der Waals surface area contributed by atoms with Crippen LogP contribution in [0.2, 0.25) is 0 Å². The molecular weight excluding hydrogens is 170 g/mol. The van der Waals surface area contributed by atoms with Crippen LogP contribution < -0.4 is 0 Å². The molecule has 0 bridgehead atoms. The monoisotopic (exact) mass is 183 g/mol. The van der Waals surface area contributed by atoms with E-state index in [1.807, 2.05) is 12.4 Å². The Morgan fingerprint density at radius 2 is 2.00 bits per heavy atom. The summed E-state index contributed by atoms with van der Waals surface area (Å²) in [7, 11) is 0. The summed E-state index contributed by atoms with van der Waals surface area (Å²) in [6.07, 6.45) is 5.82. The first-order chi connectivity index (χ1) is 6.90. The molecule has 0 unspecified atom stereocenters. The van der Waals surface area contributed by atoms with Gasteiger partial charge in [-0.3, -0.25) is 0 Å². The molecule has 70 valence electrons. The third kappa shape index (κ3) is 1.80. The molecule has 1 N–H and O–H groups in total. The van der Waals surface area contributed by atoms with Crippen LogP contribution in [0.3, 0.4) is 0 Å². The highest BCUT2D eigenvalue weighted by Gasteiger charge is 1.94. The third-order valence-electron chi connectivity index (χ3n) is 2.22. The molecule has 1 heteroatoms. The number of aromatic amines is 1. The van der Waals surface area contributed by atoms with Crippen molar-refractivity contribution in [1.29, 1.82) is 0 Å². The molecule has 2 rings (SSSR count). The normalized spacial score (nSPS) is 9.79. The number of hydrogen-bond acceptors (Lipinski definition) is 0. The highest BCUT2D eigenvalue weighted by Crippen LogP contribution is 2.15. The van der Waals surface area contributed by atoms with Gasteiger partial charge in [-0.1, -0.05) is 25.0 Å². The van der Waals surface area contributed by atoms with Crippen molar-refractivity contribution >= 4 is 10.8 Å². The Hall–Kier alpha value is -1.68. The van der Waals surface area contributed by atoms with Crippen LogP contribution in [0.15, 0.2) is 30.6 Å². The van der Waals surface area contributed by atoms with Gasteiger partial charge in [-0.15, -0.1) is 5.92 Å². The number of rotatable bonds is 1. The van der Waals surface area contributed by atoms with Gasteiger partial charge >= 0.3 is 0 Å². The van der Waals surface area contributed by atoms with E-state index in [-0.39, 0.29) is 0 Å². The average molecular weight is 183 g/mol. The lowest BCUT2D eigenvalue weighted by atomic mass is 10.1. The largest absolute Gasteiger partial charge is 0.366 e. The second kappa shape index (κ2) is 4.02. The fourth-order valence-electron chi connectivity index (χ4n) is 1.50. The highest BCUT2D eigenvalue weighted by molar-refractivity contribution is 5.82. The molecule has 0 saturated heterocycles. The van der Waals surface area contributed by atoms with Crippen LogP contribution in [0.5, 0.6) is 0 Å². The van der Waals surface area contributed by atoms with Crippen molar-refractivity contribution in [2.24, 2.45) is 0 Å². The molecule has 0 fully saturated rings. The molecule has 0 aliphatic rings. The third-order valence-corrected chi connectivity index (χ3v) is 2.22. The highest BCUT2D eigenvalue weighted by atomic mass is 14.6. The lowest BCUT2D eigenvalue weighted by molar-refractivity contribution is 1.26. The standard InChI is InChI=1S/C13H13N/c1-2-3-4-5-11-6-7-12-9-14-10-13(12)8-11/h6-10,14H,2,5H2,1H3. The van der Waals surface area contributed by atoms with Gasteiger partial charge in [0.05, 0.1) is 0 Å². The predicted molar refractivity (Wildman–Crippen MR) is 60.1 cm³/mol. The van der Waals surface area contributed by atoms with Crippen LogP contribution in [-0.4, -0.2) is 4.98 Å². The van der Waals surface area contributed by atoms with E-state index in [2.05, 4.69) is 41.9 Å². The average Bonchev–Trinajstić information content (AvgIpc) is 2.65. The van der Waals surface area contributed by atoms with Crippen LogP contribution >= 0.6 is 0 Å². The van der Waals surface area contributed by atoms with Gasteiger partial charge in [0.2, 0.25) is 0 Å². The first kappa shape index (κ1) is 8.90. The zero-order valence-electron chi connectivity index (χ0n) is 8.30. The van der Waals surface area contributed by atoms with Gasteiger partial charge in [-0.2, -0.15) is 0 Å².